The standard InChI is InChI=1S/C14H24N2O2/c1-8-10-15(7)12-13(3,4)18-14(5,6)16(12)11(17)9-2/h8-9,12H,1-2,10H2,3-7H3. The zero-order valence-corrected chi connectivity index (χ0v) is 12.1. The summed E-state index contributed by atoms with van der Waals surface area (Å²) in [6.07, 6.45) is 3.01. The van der Waals surface area contributed by atoms with Gasteiger partial charge in [-0.1, -0.05) is 12.7 Å². The highest BCUT2D eigenvalue weighted by atomic mass is 16.6. The third kappa shape index (κ3) is 2.49. The number of likely N-dealkylation sites (N-methyl/N-ethyl adjacent to an activating group) is 1. The number of carbonyl (C=O) groups excluding carboxylic acids is 1. The minimum Gasteiger partial charge on any atom is -0.347 e. The van der Waals surface area contributed by atoms with Crippen LogP contribution in [-0.4, -0.2) is 46.8 Å². The van der Waals surface area contributed by atoms with Crippen LogP contribution in [0.5, 0.6) is 0 Å². The minimum atomic E-state index is -0.644. The van der Waals surface area contributed by atoms with Crippen LogP contribution >= 0.6 is 0 Å². The van der Waals surface area contributed by atoms with Gasteiger partial charge in [-0.15, -0.1) is 6.58 Å². The lowest BCUT2D eigenvalue weighted by Crippen LogP contribution is -2.56. The molecule has 1 aliphatic heterocycles. The quantitative estimate of drug-likeness (QED) is 0.566. The fourth-order valence-electron chi connectivity index (χ4n) is 2.87. The smallest absolute Gasteiger partial charge is 0.249 e. The molecule has 1 aliphatic rings. The summed E-state index contributed by atoms with van der Waals surface area (Å²) in [5.74, 6) is -0.119. The second kappa shape index (κ2) is 4.86. The second-order valence-electron chi connectivity index (χ2n) is 5.67. The molecule has 0 spiro atoms. The Morgan fingerprint density at radius 2 is 1.94 bits per heavy atom. The zero-order valence-electron chi connectivity index (χ0n) is 12.1. The van der Waals surface area contributed by atoms with Crippen LogP contribution in [0.3, 0.4) is 0 Å². The molecule has 1 saturated heterocycles. The predicted molar refractivity (Wildman–Crippen MR) is 72.9 cm³/mol. The summed E-state index contributed by atoms with van der Waals surface area (Å²) in [6, 6.07) is 0. The fourth-order valence-corrected chi connectivity index (χ4v) is 2.87. The van der Waals surface area contributed by atoms with Gasteiger partial charge < -0.3 is 4.74 Å². The van der Waals surface area contributed by atoms with Gasteiger partial charge in [-0.3, -0.25) is 14.6 Å². The molecule has 0 bridgehead atoms. The van der Waals surface area contributed by atoms with Gasteiger partial charge in [0.05, 0.1) is 5.60 Å². The van der Waals surface area contributed by atoms with Gasteiger partial charge in [0, 0.05) is 6.54 Å². The largest absolute Gasteiger partial charge is 0.347 e. The van der Waals surface area contributed by atoms with E-state index in [2.05, 4.69) is 18.1 Å². The van der Waals surface area contributed by atoms with Crippen molar-refractivity contribution in [2.45, 2.75) is 45.2 Å². The maximum atomic E-state index is 12.1. The number of rotatable bonds is 4. The summed E-state index contributed by atoms with van der Waals surface area (Å²) in [6.45, 7) is 15.8. The van der Waals surface area contributed by atoms with E-state index < -0.39 is 11.3 Å². The first-order valence-electron chi connectivity index (χ1n) is 6.14. The van der Waals surface area contributed by atoms with E-state index in [-0.39, 0.29) is 12.1 Å². The van der Waals surface area contributed by atoms with Crippen molar-refractivity contribution in [3.63, 3.8) is 0 Å². The van der Waals surface area contributed by atoms with Gasteiger partial charge in [0.1, 0.15) is 11.9 Å². The monoisotopic (exact) mass is 252 g/mol. The molecule has 1 unspecified atom stereocenters. The first-order valence-corrected chi connectivity index (χ1v) is 6.14. The van der Waals surface area contributed by atoms with Gasteiger partial charge in [-0.25, -0.2) is 0 Å². The van der Waals surface area contributed by atoms with Crippen LogP contribution in [0.25, 0.3) is 0 Å². The molecule has 1 amide bonds. The van der Waals surface area contributed by atoms with Crippen molar-refractivity contribution >= 4 is 5.91 Å². The van der Waals surface area contributed by atoms with Crippen molar-refractivity contribution in [2.75, 3.05) is 13.6 Å². The zero-order chi connectivity index (χ0) is 14.1. The number of carbonyl (C=O) groups is 1. The molecule has 1 fully saturated rings. The molecule has 4 nitrogen and oxygen atoms in total. The summed E-state index contributed by atoms with van der Waals surface area (Å²) in [5.41, 5.74) is -1.09. The van der Waals surface area contributed by atoms with Crippen LogP contribution < -0.4 is 0 Å². The maximum absolute atomic E-state index is 12.1. The predicted octanol–water partition coefficient (Wildman–Crippen LogP) is 1.99. The third-order valence-electron chi connectivity index (χ3n) is 3.21. The molecule has 0 aromatic carbocycles. The van der Waals surface area contributed by atoms with Crippen molar-refractivity contribution in [1.29, 1.82) is 0 Å². The van der Waals surface area contributed by atoms with Crippen LogP contribution in [0.15, 0.2) is 25.3 Å². The SMILES string of the molecule is C=CCN(C)C1N(C(=O)C=C)C(C)(C)OC1(C)C. The Kier molecular flexibility index (Phi) is 4.03. The van der Waals surface area contributed by atoms with Crippen molar-refractivity contribution in [1.82, 2.24) is 9.80 Å². The van der Waals surface area contributed by atoms with E-state index in [1.165, 1.54) is 6.08 Å². The lowest BCUT2D eigenvalue weighted by molar-refractivity contribution is -0.146. The van der Waals surface area contributed by atoms with Crippen molar-refractivity contribution in [2.24, 2.45) is 0 Å². The van der Waals surface area contributed by atoms with E-state index in [4.69, 9.17) is 4.74 Å². The highest BCUT2D eigenvalue weighted by Crippen LogP contribution is 2.40. The topological polar surface area (TPSA) is 32.8 Å². The Hall–Kier alpha value is -1.13. The number of hydrogen-bond donors (Lipinski definition) is 0. The Bertz CT molecular complexity index is 361. The highest BCUT2D eigenvalue weighted by Gasteiger charge is 2.54. The molecule has 1 atom stereocenters. The lowest BCUT2D eigenvalue weighted by atomic mass is 10.0. The molecule has 0 aromatic heterocycles. The van der Waals surface area contributed by atoms with Crippen molar-refractivity contribution in [3.05, 3.63) is 25.3 Å². The van der Waals surface area contributed by atoms with Crippen molar-refractivity contribution < 1.29 is 9.53 Å². The van der Waals surface area contributed by atoms with E-state index in [0.717, 1.165) is 0 Å². The molecule has 1 heterocycles. The number of ether oxygens (including phenoxy) is 1. The lowest BCUT2D eigenvalue weighted by Gasteiger charge is -2.38. The van der Waals surface area contributed by atoms with Crippen LogP contribution in [-0.2, 0) is 9.53 Å². The molecule has 1 rings (SSSR count). The molecule has 102 valence electrons. The normalized spacial score (nSPS) is 25.2. The first-order chi connectivity index (χ1) is 8.17. The van der Waals surface area contributed by atoms with Crippen LogP contribution in [0, 0.1) is 0 Å². The minimum absolute atomic E-state index is 0.119. The van der Waals surface area contributed by atoms with Gasteiger partial charge >= 0.3 is 0 Å². The van der Waals surface area contributed by atoms with Gasteiger partial charge in [-0.2, -0.15) is 0 Å². The van der Waals surface area contributed by atoms with Crippen molar-refractivity contribution in [3.8, 4) is 0 Å². The van der Waals surface area contributed by atoms with Crippen LogP contribution in [0.2, 0.25) is 0 Å². The fraction of sp³-hybridized carbons (Fsp3) is 0.643. The summed E-state index contributed by atoms with van der Waals surface area (Å²) in [5, 5.41) is 0. The van der Waals surface area contributed by atoms with E-state index in [9.17, 15) is 4.79 Å². The number of hydrogen-bond acceptors (Lipinski definition) is 3. The highest BCUT2D eigenvalue weighted by molar-refractivity contribution is 5.88. The van der Waals surface area contributed by atoms with Gasteiger partial charge in [-0.05, 0) is 40.8 Å². The Morgan fingerprint density at radius 1 is 1.39 bits per heavy atom. The number of amides is 1. The van der Waals surface area contributed by atoms with E-state index in [0.29, 0.717) is 6.54 Å². The van der Waals surface area contributed by atoms with E-state index in [1.54, 1.807) is 4.90 Å². The van der Waals surface area contributed by atoms with E-state index in [1.807, 2.05) is 40.8 Å². The summed E-state index contributed by atoms with van der Waals surface area (Å²) >= 11 is 0. The molecule has 18 heavy (non-hydrogen) atoms. The average molecular weight is 252 g/mol. The molecule has 0 aliphatic carbocycles. The van der Waals surface area contributed by atoms with Crippen LogP contribution in [0.4, 0.5) is 0 Å². The van der Waals surface area contributed by atoms with Crippen LogP contribution in [0.1, 0.15) is 27.7 Å². The molecule has 0 aromatic rings. The molecule has 0 radical (unpaired) electrons. The average Bonchev–Trinajstić information content (AvgIpc) is 2.42. The third-order valence-corrected chi connectivity index (χ3v) is 3.21. The molecular weight excluding hydrogens is 228 g/mol. The van der Waals surface area contributed by atoms with Gasteiger partial charge in [0.25, 0.3) is 0 Å². The molecule has 0 N–H and O–H groups in total. The second-order valence-corrected chi connectivity index (χ2v) is 5.67. The maximum Gasteiger partial charge on any atom is 0.249 e. The summed E-state index contributed by atoms with van der Waals surface area (Å²) in [7, 11) is 1.96. The Morgan fingerprint density at radius 3 is 2.39 bits per heavy atom. The first kappa shape index (κ1) is 14.9. The van der Waals surface area contributed by atoms with Gasteiger partial charge in [0.2, 0.25) is 5.91 Å². The molecular formula is C14H24N2O2. The summed E-state index contributed by atoms with van der Waals surface area (Å²) < 4.78 is 6.03. The Balaban J connectivity index is 3.18. The summed E-state index contributed by atoms with van der Waals surface area (Å²) in [4.78, 5) is 15.9. The number of nitrogens with zero attached hydrogens (tertiary/aromatic N) is 2. The molecule has 4 heteroatoms. The van der Waals surface area contributed by atoms with E-state index >= 15 is 0 Å². The van der Waals surface area contributed by atoms with Gasteiger partial charge in [0.15, 0.2) is 0 Å². The Labute approximate surface area is 110 Å². The molecule has 0 saturated carbocycles.